The average molecular weight is 426 g/mol. The molecule has 0 saturated carbocycles. The number of benzene rings is 2. The molecule has 0 bridgehead atoms. The van der Waals surface area contributed by atoms with Gasteiger partial charge in [0.05, 0.1) is 4.90 Å². The molecule has 0 fully saturated rings. The molecule has 22 heavy (non-hydrogen) atoms. The minimum Gasteiger partial charge on any atom is -0.219 e. The first-order valence-corrected chi connectivity index (χ1v) is 9.83. The molecule has 0 N–H and O–H groups in total. The topological polar surface area (TPSA) is 34.1 Å². The second-order valence-electron chi connectivity index (χ2n) is 5.27. The molecule has 2 aromatic rings. The molecule has 4 heteroatoms. The van der Waals surface area contributed by atoms with Crippen molar-refractivity contribution < 1.29 is 8.42 Å². The maximum absolute atomic E-state index is 12.4. The molecule has 0 aliphatic rings. The summed E-state index contributed by atoms with van der Waals surface area (Å²) in [5, 5.41) is 1.34. The third kappa shape index (κ3) is 4.43. The van der Waals surface area contributed by atoms with Crippen molar-refractivity contribution in [3.8, 4) is 0 Å². The second-order valence-corrected chi connectivity index (χ2v) is 8.23. The van der Waals surface area contributed by atoms with Gasteiger partial charge in [0.25, 0.3) is 0 Å². The van der Waals surface area contributed by atoms with E-state index in [9.17, 15) is 8.42 Å². The van der Waals surface area contributed by atoms with Gasteiger partial charge in [-0.25, -0.2) is 8.42 Å². The van der Waals surface area contributed by atoms with Crippen molar-refractivity contribution in [2.75, 3.05) is 0 Å². The number of aryl methyl sites for hydroxylation is 2. The minimum absolute atomic E-state index is 0.329. The van der Waals surface area contributed by atoms with Gasteiger partial charge in [0.15, 0.2) is 0 Å². The molecule has 0 aliphatic heterocycles. The highest BCUT2D eigenvalue weighted by molar-refractivity contribution is 14.1. The van der Waals surface area contributed by atoms with Crippen LogP contribution >= 0.6 is 22.6 Å². The molecule has 2 rings (SSSR count). The zero-order valence-electron chi connectivity index (χ0n) is 12.7. The highest BCUT2D eigenvalue weighted by atomic mass is 127. The van der Waals surface area contributed by atoms with Crippen LogP contribution in [-0.2, 0) is 16.3 Å². The summed E-state index contributed by atoms with van der Waals surface area (Å²) in [5.74, 6) is 0. The summed E-state index contributed by atoms with van der Waals surface area (Å²) in [6, 6.07) is 15.0. The molecule has 0 spiro atoms. The van der Waals surface area contributed by atoms with E-state index >= 15 is 0 Å². The average Bonchev–Trinajstić information content (AvgIpc) is 2.48. The summed E-state index contributed by atoms with van der Waals surface area (Å²) in [4.78, 5) is 0.329. The second kappa shape index (κ2) is 7.42. The number of hydrogen-bond donors (Lipinski definition) is 0. The molecule has 116 valence electrons. The Kier molecular flexibility index (Phi) is 5.81. The van der Waals surface area contributed by atoms with Crippen LogP contribution in [0.2, 0.25) is 0 Å². The highest BCUT2D eigenvalue weighted by Gasteiger charge is 2.12. The fourth-order valence-electron chi connectivity index (χ4n) is 2.12. The first kappa shape index (κ1) is 17.2. The summed E-state index contributed by atoms with van der Waals surface area (Å²) in [5.41, 5.74) is 3.25. The van der Waals surface area contributed by atoms with Gasteiger partial charge in [-0.3, -0.25) is 0 Å². The quantitative estimate of drug-likeness (QED) is 0.620. The van der Waals surface area contributed by atoms with Crippen LogP contribution in [0.5, 0.6) is 0 Å². The fourth-order valence-corrected chi connectivity index (χ4v) is 4.54. The Bertz CT molecular complexity index is 758. The van der Waals surface area contributed by atoms with Gasteiger partial charge >= 0.3 is 0 Å². The van der Waals surface area contributed by atoms with Gasteiger partial charge < -0.3 is 0 Å². The lowest BCUT2D eigenvalue weighted by Crippen LogP contribution is -1.97. The molecule has 2 aromatic carbocycles. The van der Waals surface area contributed by atoms with Gasteiger partial charge in [0.1, 0.15) is 0 Å². The van der Waals surface area contributed by atoms with Crippen molar-refractivity contribution in [2.24, 2.45) is 0 Å². The predicted molar refractivity (Wildman–Crippen MR) is 101 cm³/mol. The van der Waals surface area contributed by atoms with Crippen molar-refractivity contribution in [1.29, 1.82) is 0 Å². The van der Waals surface area contributed by atoms with Gasteiger partial charge in [0.2, 0.25) is 9.84 Å². The maximum Gasteiger partial charge on any atom is 0.200 e. The predicted octanol–water partition coefficient (Wildman–Crippen LogP) is 5.15. The lowest BCUT2D eigenvalue weighted by Gasteiger charge is -2.04. The first-order chi connectivity index (χ1) is 10.4. The van der Waals surface area contributed by atoms with Gasteiger partial charge in [-0.2, -0.15) is 0 Å². The Labute approximate surface area is 146 Å². The van der Waals surface area contributed by atoms with E-state index in [4.69, 9.17) is 0 Å². The lowest BCUT2D eigenvalue weighted by molar-refractivity contribution is 0.605. The van der Waals surface area contributed by atoms with Gasteiger partial charge in [-0.05, 0) is 59.2 Å². The Balaban J connectivity index is 2.28. The molecule has 2 nitrogen and oxygen atoms in total. The van der Waals surface area contributed by atoms with E-state index in [0.717, 1.165) is 27.5 Å². The summed E-state index contributed by atoms with van der Waals surface area (Å²) in [6.45, 7) is 4.08. The van der Waals surface area contributed by atoms with E-state index in [0.29, 0.717) is 4.90 Å². The lowest BCUT2D eigenvalue weighted by atomic mass is 10.1. The van der Waals surface area contributed by atoms with Crippen LogP contribution in [0.1, 0.15) is 30.0 Å². The van der Waals surface area contributed by atoms with Gasteiger partial charge in [-0.15, -0.1) is 0 Å². The normalized spacial score (nSPS) is 12.4. The number of halogens is 1. The molecular formula is C18H19IO2S. The maximum atomic E-state index is 12.4. The molecule has 0 atom stereocenters. The first-order valence-electron chi connectivity index (χ1n) is 7.20. The van der Waals surface area contributed by atoms with Crippen LogP contribution in [0.15, 0.2) is 58.8 Å². The number of rotatable bonds is 5. The van der Waals surface area contributed by atoms with Crippen molar-refractivity contribution >= 4 is 36.0 Å². The molecule has 0 aliphatic carbocycles. The van der Waals surface area contributed by atoms with Crippen LogP contribution in [0.4, 0.5) is 0 Å². The molecular weight excluding hydrogens is 407 g/mol. The fraction of sp³-hybridized carbons (Fsp3) is 0.222. The van der Waals surface area contributed by atoms with Crippen LogP contribution < -0.4 is 0 Å². The molecule has 0 radical (unpaired) electrons. The summed E-state index contributed by atoms with van der Waals surface area (Å²) >= 11 is 2.08. The SMILES string of the molecule is CCCc1ccc(/C(I)=C\S(=O)(=O)c2ccc(C)cc2)cc1. The Morgan fingerprint density at radius 1 is 1.05 bits per heavy atom. The minimum atomic E-state index is -3.41. The largest absolute Gasteiger partial charge is 0.219 e. The number of hydrogen-bond acceptors (Lipinski definition) is 2. The van der Waals surface area contributed by atoms with E-state index in [2.05, 4.69) is 41.6 Å². The molecule has 0 amide bonds. The monoisotopic (exact) mass is 426 g/mol. The molecule has 0 heterocycles. The van der Waals surface area contributed by atoms with E-state index < -0.39 is 9.84 Å². The van der Waals surface area contributed by atoms with E-state index in [-0.39, 0.29) is 0 Å². The third-order valence-electron chi connectivity index (χ3n) is 3.38. The smallest absolute Gasteiger partial charge is 0.200 e. The zero-order valence-corrected chi connectivity index (χ0v) is 15.7. The summed E-state index contributed by atoms with van der Waals surface area (Å²) in [7, 11) is -3.41. The van der Waals surface area contributed by atoms with Crippen molar-refractivity contribution in [1.82, 2.24) is 0 Å². The summed E-state index contributed by atoms with van der Waals surface area (Å²) in [6.07, 6.45) is 2.15. The van der Waals surface area contributed by atoms with Gasteiger partial charge in [0, 0.05) is 8.99 Å². The Morgan fingerprint density at radius 3 is 2.18 bits per heavy atom. The molecule has 0 saturated heterocycles. The molecule has 0 aromatic heterocycles. The summed E-state index contributed by atoms with van der Waals surface area (Å²) < 4.78 is 25.6. The van der Waals surface area contributed by atoms with Crippen LogP contribution in [0.25, 0.3) is 3.58 Å². The van der Waals surface area contributed by atoms with Crippen LogP contribution in [-0.4, -0.2) is 8.42 Å². The Hall–Kier alpha value is -1.14. The third-order valence-corrected chi connectivity index (χ3v) is 6.21. The van der Waals surface area contributed by atoms with Gasteiger partial charge in [-0.1, -0.05) is 55.3 Å². The number of sulfone groups is 1. The van der Waals surface area contributed by atoms with Crippen molar-refractivity contribution in [3.63, 3.8) is 0 Å². The van der Waals surface area contributed by atoms with Crippen molar-refractivity contribution in [2.45, 2.75) is 31.6 Å². The van der Waals surface area contributed by atoms with E-state index in [1.807, 2.05) is 31.2 Å². The standard InChI is InChI=1S/C18H19IO2S/c1-3-4-15-7-9-16(10-8-15)18(19)13-22(20,21)17-11-5-14(2)6-12-17/h5-13H,3-4H2,1-2H3/b18-13+. The van der Waals surface area contributed by atoms with E-state index in [1.165, 1.54) is 11.0 Å². The zero-order chi connectivity index (χ0) is 16.2. The van der Waals surface area contributed by atoms with Crippen LogP contribution in [0.3, 0.4) is 0 Å². The highest BCUT2D eigenvalue weighted by Crippen LogP contribution is 2.26. The molecule has 0 unspecified atom stereocenters. The Morgan fingerprint density at radius 2 is 1.64 bits per heavy atom. The van der Waals surface area contributed by atoms with Crippen molar-refractivity contribution in [3.05, 3.63) is 70.6 Å². The van der Waals surface area contributed by atoms with Crippen LogP contribution in [0, 0.1) is 6.92 Å². The van der Waals surface area contributed by atoms with E-state index in [1.54, 1.807) is 12.1 Å².